The number of hydrazine groups is 1. The second-order valence-electron chi connectivity index (χ2n) is 8.21. The van der Waals surface area contributed by atoms with Gasteiger partial charge in [0.1, 0.15) is 6.67 Å². The Morgan fingerprint density at radius 2 is 1.74 bits per heavy atom. The number of amides is 1. The molecule has 0 atom stereocenters. The molecule has 8 nitrogen and oxygen atoms in total. The third-order valence-electron chi connectivity index (χ3n) is 5.59. The molecule has 0 aliphatic rings. The number of aromatic nitrogens is 2. The highest BCUT2D eigenvalue weighted by atomic mass is 19.1. The molecule has 2 aromatic carbocycles. The lowest BCUT2D eigenvalue weighted by molar-refractivity contribution is 0.102. The van der Waals surface area contributed by atoms with Crippen LogP contribution in [0.2, 0.25) is 0 Å². The van der Waals surface area contributed by atoms with Crippen LogP contribution in [0.15, 0.2) is 42.7 Å². The van der Waals surface area contributed by atoms with E-state index in [1.165, 1.54) is 22.0 Å². The maximum Gasteiger partial charge on any atom is 0.255 e. The topological polar surface area (TPSA) is 105 Å². The highest BCUT2D eigenvalue weighted by molar-refractivity contribution is 6.05. The van der Waals surface area contributed by atoms with Gasteiger partial charge >= 0.3 is 0 Å². The smallest absolute Gasteiger partial charge is 0.255 e. The van der Waals surface area contributed by atoms with Gasteiger partial charge in [-0.3, -0.25) is 23.3 Å². The first-order valence-corrected chi connectivity index (χ1v) is 11.3. The highest BCUT2D eigenvalue weighted by Gasteiger charge is 2.16. The molecule has 3 rings (SSSR count). The average Bonchev–Trinajstić information content (AvgIpc) is 3.25. The molecule has 0 radical (unpaired) electrons. The molecular weight excluding hydrogens is 502 g/mol. The fourth-order valence-electron chi connectivity index (χ4n) is 3.47. The zero-order chi connectivity index (χ0) is 29.2. The van der Waals surface area contributed by atoms with Gasteiger partial charge in [0.25, 0.3) is 5.91 Å². The predicted molar refractivity (Wildman–Crippen MR) is 146 cm³/mol. The lowest BCUT2D eigenvalue weighted by atomic mass is 10.1. The van der Waals surface area contributed by atoms with E-state index in [9.17, 15) is 22.4 Å². The summed E-state index contributed by atoms with van der Waals surface area (Å²) in [5, 5.41) is 8.23. The third kappa shape index (κ3) is 7.48. The molecule has 0 aliphatic carbocycles. The van der Waals surface area contributed by atoms with E-state index in [0.29, 0.717) is 31.3 Å². The van der Waals surface area contributed by atoms with Crippen LogP contribution >= 0.6 is 0 Å². The SMILES string of the molecule is CF.CF.Cc1ccc(C(=O)Nc2cc(CF)c(F)c(N(C)C)c2)cc1N(N)/C=C(\N)c1cnn(C)c1C. The van der Waals surface area contributed by atoms with Gasteiger partial charge < -0.3 is 16.0 Å². The van der Waals surface area contributed by atoms with E-state index < -0.39 is 18.4 Å². The maximum absolute atomic E-state index is 14.4. The highest BCUT2D eigenvalue weighted by Crippen LogP contribution is 2.28. The van der Waals surface area contributed by atoms with Gasteiger partial charge in [0.05, 0.1) is 37.6 Å². The van der Waals surface area contributed by atoms with Crippen LogP contribution in [0.25, 0.3) is 5.70 Å². The number of nitrogens with zero attached hydrogens (tertiary/aromatic N) is 4. The van der Waals surface area contributed by atoms with E-state index in [1.54, 1.807) is 49.4 Å². The average molecular weight is 538 g/mol. The van der Waals surface area contributed by atoms with Gasteiger partial charge in [-0.1, -0.05) is 6.07 Å². The lowest BCUT2D eigenvalue weighted by Crippen LogP contribution is -2.27. The number of carbonyl (C=O) groups is 1. The zero-order valence-corrected chi connectivity index (χ0v) is 22.6. The Hall–Kier alpha value is -4.06. The molecule has 0 fully saturated rings. The summed E-state index contributed by atoms with van der Waals surface area (Å²) in [5.41, 5.74) is 10.3. The largest absolute Gasteiger partial charge is 0.397 e. The van der Waals surface area contributed by atoms with E-state index in [4.69, 9.17) is 11.6 Å². The van der Waals surface area contributed by atoms with Crippen LogP contribution in [-0.4, -0.2) is 44.1 Å². The van der Waals surface area contributed by atoms with Crippen LogP contribution < -0.4 is 26.8 Å². The van der Waals surface area contributed by atoms with Crippen molar-refractivity contribution < 1.29 is 22.4 Å². The minimum atomic E-state index is -0.989. The van der Waals surface area contributed by atoms with E-state index in [0.717, 1.165) is 16.8 Å². The first-order valence-electron chi connectivity index (χ1n) is 11.3. The predicted octanol–water partition coefficient (Wildman–Crippen LogP) is 4.77. The molecule has 1 heterocycles. The summed E-state index contributed by atoms with van der Waals surface area (Å²) in [6.07, 6.45) is 3.22. The summed E-state index contributed by atoms with van der Waals surface area (Å²) in [6, 6.07) is 7.76. The molecule has 5 N–H and O–H groups in total. The Balaban J connectivity index is 0.00000172. The number of halogens is 4. The van der Waals surface area contributed by atoms with Crippen molar-refractivity contribution in [2.75, 3.05) is 43.7 Å². The van der Waals surface area contributed by atoms with E-state index in [1.807, 2.05) is 20.9 Å². The number of hydrogen-bond donors (Lipinski definition) is 3. The first-order chi connectivity index (χ1) is 18.0. The van der Waals surface area contributed by atoms with Gasteiger partial charge in [-0.15, -0.1) is 0 Å². The fourth-order valence-corrected chi connectivity index (χ4v) is 3.47. The zero-order valence-electron chi connectivity index (χ0n) is 22.6. The maximum atomic E-state index is 14.4. The minimum Gasteiger partial charge on any atom is -0.397 e. The van der Waals surface area contributed by atoms with Crippen molar-refractivity contribution in [2.24, 2.45) is 18.6 Å². The van der Waals surface area contributed by atoms with Gasteiger partial charge in [0, 0.05) is 55.4 Å². The van der Waals surface area contributed by atoms with Crippen molar-refractivity contribution in [1.82, 2.24) is 9.78 Å². The molecule has 0 aliphatic heterocycles. The van der Waals surface area contributed by atoms with E-state index in [2.05, 4.69) is 10.4 Å². The number of aryl methyl sites for hydroxylation is 2. The summed E-state index contributed by atoms with van der Waals surface area (Å²) < 4.78 is 48.4. The normalized spacial score (nSPS) is 10.6. The Morgan fingerprint density at radius 1 is 1.11 bits per heavy atom. The first kappa shape index (κ1) is 32.0. The molecule has 3 aromatic rings. The third-order valence-corrected chi connectivity index (χ3v) is 5.59. The second kappa shape index (κ2) is 14.6. The number of carbonyl (C=O) groups excluding carboxylic acids is 1. The number of nitrogens with two attached hydrogens (primary N) is 2. The number of alkyl halides is 3. The van der Waals surface area contributed by atoms with Crippen molar-refractivity contribution in [3.05, 3.63) is 76.5 Å². The van der Waals surface area contributed by atoms with Crippen LogP contribution in [0.5, 0.6) is 0 Å². The molecule has 0 spiro atoms. The van der Waals surface area contributed by atoms with Gasteiger partial charge in [-0.2, -0.15) is 5.10 Å². The summed E-state index contributed by atoms with van der Waals surface area (Å²) in [6.45, 7) is 2.76. The Bertz CT molecular complexity index is 1260. The van der Waals surface area contributed by atoms with Crippen molar-refractivity contribution in [3.8, 4) is 0 Å². The lowest BCUT2D eigenvalue weighted by Gasteiger charge is -2.19. The van der Waals surface area contributed by atoms with Crippen molar-refractivity contribution in [2.45, 2.75) is 20.5 Å². The molecule has 0 saturated heterocycles. The number of nitrogens with one attached hydrogen (secondary N) is 1. The van der Waals surface area contributed by atoms with E-state index >= 15 is 0 Å². The molecule has 208 valence electrons. The molecule has 0 saturated carbocycles. The quantitative estimate of drug-likeness (QED) is 0.228. The summed E-state index contributed by atoms with van der Waals surface area (Å²) >= 11 is 0. The summed E-state index contributed by atoms with van der Waals surface area (Å²) in [7, 11) is 6.10. The molecule has 1 aromatic heterocycles. The standard InChI is InChI=1S/C24H29F2N7O.2CH3F/c1-14-6-7-16(9-21(14)33(28)13-20(27)19-12-29-32(5)15(19)2)24(34)30-18-8-17(11-25)23(26)22(10-18)31(3)4;2*1-2/h6-10,12-13H,11,27-28H2,1-5H3,(H,30,34);2*1H3/b20-13-;;. The van der Waals surface area contributed by atoms with Gasteiger partial charge in [-0.25, -0.2) is 14.6 Å². The van der Waals surface area contributed by atoms with E-state index in [-0.39, 0.29) is 16.9 Å². The summed E-state index contributed by atoms with van der Waals surface area (Å²) in [4.78, 5) is 14.4. The van der Waals surface area contributed by atoms with Gasteiger partial charge in [0.15, 0.2) is 5.82 Å². The number of hydrogen-bond acceptors (Lipinski definition) is 6. The minimum absolute atomic E-state index is 0.134. The van der Waals surface area contributed by atoms with Gasteiger partial charge in [-0.05, 0) is 43.7 Å². The molecular formula is C26H35F4N7O. The summed E-state index contributed by atoms with van der Waals surface area (Å²) in [5.74, 6) is 5.14. The van der Waals surface area contributed by atoms with Crippen LogP contribution in [0.4, 0.5) is 34.6 Å². The Morgan fingerprint density at radius 3 is 2.26 bits per heavy atom. The second-order valence-corrected chi connectivity index (χ2v) is 8.21. The molecule has 12 heteroatoms. The Labute approximate surface area is 220 Å². The van der Waals surface area contributed by atoms with Gasteiger partial charge in [0.2, 0.25) is 0 Å². The van der Waals surface area contributed by atoms with Crippen molar-refractivity contribution in [1.29, 1.82) is 0 Å². The van der Waals surface area contributed by atoms with Crippen LogP contribution in [0, 0.1) is 19.7 Å². The molecule has 0 unspecified atom stereocenters. The molecule has 1 amide bonds. The number of rotatable bonds is 7. The number of benzene rings is 2. The monoisotopic (exact) mass is 537 g/mol. The van der Waals surface area contributed by atoms with Crippen LogP contribution in [0.3, 0.4) is 0 Å². The molecule has 38 heavy (non-hydrogen) atoms. The van der Waals surface area contributed by atoms with Crippen LogP contribution in [0.1, 0.15) is 32.7 Å². The number of anilines is 3. The van der Waals surface area contributed by atoms with Crippen molar-refractivity contribution in [3.63, 3.8) is 0 Å². The van der Waals surface area contributed by atoms with Crippen molar-refractivity contribution >= 4 is 28.7 Å². The fraction of sp³-hybridized carbons (Fsp3) is 0.308. The van der Waals surface area contributed by atoms with Crippen LogP contribution in [-0.2, 0) is 13.7 Å². The molecule has 0 bridgehead atoms. The Kier molecular flexibility index (Phi) is 12.3.